The summed E-state index contributed by atoms with van der Waals surface area (Å²) >= 11 is 3.39. The predicted molar refractivity (Wildman–Crippen MR) is 123 cm³/mol. The van der Waals surface area contributed by atoms with Gasteiger partial charge in [-0.15, -0.1) is 0 Å². The molecule has 0 saturated carbocycles. The zero-order chi connectivity index (χ0) is 21.4. The molecule has 3 aromatic carbocycles. The fraction of sp³-hybridized carbons (Fsp3) is 0.120. The molecule has 2 aliphatic rings. The predicted octanol–water partition coefficient (Wildman–Crippen LogP) is 4.84. The Morgan fingerprint density at radius 3 is 2.10 bits per heavy atom. The van der Waals surface area contributed by atoms with E-state index >= 15 is 0 Å². The van der Waals surface area contributed by atoms with Gasteiger partial charge < -0.3 is 0 Å². The van der Waals surface area contributed by atoms with Crippen LogP contribution in [0.4, 0.5) is 11.4 Å². The molecule has 0 aromatic heterocycles. The number of carbonyl (C=O) groups excluding carboxylic acids is 2. The maximum atomic E-state index is 13.4. The van der Waals surface area contributed by atoms with Crippen molar-refractivity contribution in [3.8, 4) is 0 Å². The summed E-state index contributed by atoms with van der Waals surface area (Å²) in [6.07, 6.45) is 3.05. The van der Waals surface area contributed by atoms with E-state index in [0.29, 0.717) is 5.69 Å². The second-order valence-corrected chi connectivity index (χ2v) is 8.38. The van der Waals surface area contributed by atoms with Gasteiger partial charge in [0.25, 0.3) is 5.91 Å². The van der Waals surface area contributed by atoms with Crippen molar-refractivity contribution in [2.75, 3.05) is 9.96 Å². The molecule has 0 bridgehead atoms. The molecule has 31 heavy (non-hydrogen) atoms. The average Bonchev–Trinajstić information content (AvgIpc) is 3.30. The molecule has 2 amide bonds. The first-order valence-electron chi connectivity index (χ1n) is 10.0. The average molecular weight is 475 g/mol. The van der Waals surface area contributed by atoms with Gasteiger partial charge in [-0.25, -0.2) is 9.96 Å². The second kappa shape index (κ2) is 8.13. The summed E-state index contributed by atoms with van der Waals surface area (Å²) < 4.78 is 0.880. The van der Waals surface area contributed by atoms with Gasteiger partial charge in [-0.3, -0.25) is 14.4 Å². The van der Waals surface area contributed by atoms with E-state index in [2.05, 4.69) is 15.9 Å². The van der Waals surface area contributed by atoms with Crippen molar-refractivity contribution < 1.29 is 14.4 Å². The summed E-state index contributed by atoms with van der Waals surface area (Å²) in [5, 5.41) is 1.68. The minimum Gasteiger partial charge on any atom is -0.273 e. The number of hydrogen-bond acceptors (Lipinski definition) is 4. The third-order valence-electron chi connectivity index (χ3n) is 5.54. The number of para-hydroxylation sites is 1. The number of halogens is 1. The second-order valence-electron chi connectivity index (χ2n) is 7.46. The van der Waals surface area contributed by atoms with Gasteiger partial charge in [0.05, 0.1) is 17.4 Å². The Morgan fingerprint density at radius 1 is 0.774 bits per heavy atom. The highest BCUT2D eigenvalue weighted by Crippen LogP contribution is 2.41. The van der Waals surface area contributed by atoms with Crippen molar-refractivity contribution >= 4 is 45.2 Å². The molecule has 154 valence electrons. The molecule has 0 unspecified atom stereocenters. The molecule has 2 heterocycles. The van der Waals surface area contributed by atoms with Gasteiger partial charge >= 0.3 is 0 Å². The van der Waals surface area contributed by atoms with Crippen LogP contribution in [0, 0.1) is 5.92 Å². The minimum absolute atomic E-state index is 0.251. The van der Waals surface area contributed by atoms with E-state index in [1.807, 2.05) is 84.9 Å². The van der Waals surface area contributed by atoms with Crippen LogP contribution in [-0.4, -0.2) is 24.0 Å². The molecule has 3 aromatic rings. The number of anilines is 2. The molecule has 6 heteroatoms. The Bertz CT molecular complexity index is 1130. The van der Waals surface area contributed by atoms with Crippen LogP contribution in [0.25, 0.3) is 6.08 Å². The van der Waals surface area contributed by atoms with Gasteiger partial charge in [0.2, 0.25) is 5.91 Å². The Labute approximate surface area is 188 Å². The van der Waals surface area contributed by atoms with Gasteiger partial charge in [0, 0.05) is 4.47 Å². The van der Waals surface area contributed by atoms with Crippen molar-refractivity contribution in [1.82, 2.24) is 0 Å². The molecule has 3 atom stereocenters. The number of nitrogens with zero attached hydrogens (tertiary/aromatic N) is 2. The van der Waals surface area contributed by atoms with E-state index in [1.54, 1.807) is 17.2 Å². The number of carbonyl (C=O) groups is 2. The number of hydrogen-bond donors (Lipinski definition) is 0. The highest BCUT2D eigenvalue weighted by atomic mass is 79.9. The molecule has 0 N–H and O–H groups in total. The topological polar surface area (TPSA) is 49.9 Å². The van der Waals surface area contributed by atoms with Gasteiger partial charge in [-0.05, 0) is 42.0 Å². The summed E-state index contributed by atoms with van der Waals surface area (Å²) in [5.41, 5.74) is 2.36. The van der Waals surface area contributed by atoms with E-state index < -0.39 is 18.1 Å². The number of benzene rings is 3. The molecule has 2 aliphatic heterocycles. The highest BCUT2D eigenvalue weighted by Gasteiger charge is 2.59. The number of fused-ring (bicyclic) bond motifs is 1. The third-order valence-corrected chi connectivity index (χ3v) is 6.07. The molecular formula is C25H19BrN2O3. The first-order valence-corrected chi connectivity index (χ1v) is 10.8. The van der Waals surface area contributed by atoms with Crippen LogP contribution in [0.15, 0.2) is 95.5 Å². The summed E-state index contributed by atoms with van der Waals surface area (Å²) in [5.74, 6) is -1.22. The molecule has 5 rings (SSSR count). The van der Waals surface area contributed by atoms with E-state index in [-0.39, 0.29) is 11.8 Å². The molecule has 2 saturated heterocycles. The van der Waals surface area contributed by atoms with Gasteiger partial charge in [-0.1, -0.05) is 76.6 Å². The lowest BCUT2D eigenvalue weighted by Crippen LogP contribution is -2.39. The highest BCUT2D eigenvalue weighted by molar-refractivity contribution is 9.10. The first kappa shape index (κ1) is 19.7. The monoisotopic (exact) mass is 474 g/mol. The maximum Gasteiger partial charge on any atom is 0.266 e. The van der Waals surface area contributed by atoms with Crippen molar-refractivity contribution in [1.29, 1.82) is 0 Å². The van der Waals surface area contributed by atoms with Crippen molar-refractivity contribution in [2.24, 2.45) is 5.92 Å². The van der Waals surface area contributed by atoms with Crippen molar-refractivity contribution in [3.63, 3.8) is 0 Å². The number of rotatable bonds is 4. The zero-order valence-electron chi connectivity index (χ0n) is 16.5. The van der Waals surface area contributed by atoms with E-state index in [4.69, 9.17) is 4.84 Å². The quantitative estimate of drug-likeness (QED) is 0.507. The normalized spacial score (nSPS) is 23.1. The summed E-state index contributed by atoms with van der Waals surface area (Å²) in [6, 6.07) is 26.1. The minimum atomic E-state index is -0.859. The van der Waals surface area contributed by atoms with Crippen LogP contribution in [0.5, 0.6) is 0 Å². The van der Waals surface area contributed by atoms with Crippen LogP contribution in [-0.2, 0) is 14.4 Å². The van der Waals surface area contributed by atoms with Crippen LogP contribution >= 0.6 is 15.9 Å². The molecule has 0 radical (unpaired) electrons. The SMILES string of the molecule is O=C1[C@@H]2[C@H](ON(c3ccccc3)[C@@H]2/C=C/c2ccccc2)C(=O)N1c1ccc(Br)cc1. The fourth-order valence-electron chi connectivity index (χ4n) is 4.07. The van der Waals surface area contributed by atoms with Gasteiger partial charge in [-0.2, -0.15) is 0 Å². The smallest absolute Gasteiger partial charge is 0.266 e. The molecule has 0 spiro atoms. The summed E-state index contributed by atoms with van der Waals surface area (Å²) in [4.78, 5) is 34.0. The fourth-order valence-corrected chi connectivity index (χ4v) is 4.33. The Kier molecular flexibility index (Phi) is 5.18. The molecule has 0 aliphatic carbocycles. The maximum absolute atomic E-state index is 13.4. The third kappa shape index (κ3) is 3.58. The lowest BCUT2D eigenvalue weighted by molar-refractivity contribution is -0.126. The molecule has 5 nitrogen and oxygen atoms in total. The lowest BCUT2D eigenvalue weighted by Gasteiger charge is -2.26. The summed E-state index contributed by atoms with van der Waals surface area (Å²) in [6.45, 7) is 0. The van der Waals surface area contributed by atoms with E-state index in [0.717, 1.165) is 15.7 Å². The van der Waals surface area contributed by atoms with E-state index in [9.17, 15) is 9.59 Å². The standard InChI is InChI=1S/C25H19BrN2O3/c26-18-12-14-19(15-13-18)27-24(29)22-21(16-11-17-7-3-1-4-8-17)28(31-23(22)25(27)30)20-9-5-2-6-10-20/h1-16,21-23H/b16-11+/t21-,22+,23+/m1/s1. The Balaban J connectivity index is 1.52. The summed E-state index contributed by atoms with van der Waals surface area (Å²) in [7, 11) is 0. The van der Waals surface area contributed by atoms with Crippen LogP contribution in [0.1, 0.15) is 5.56 Å². The zero-order valence-corrected chi connectivity index (χ0v) is 18.1. The Morgan fingerprint density at radius 2 is 1.42 bits per heavy atom. The number of hydroxylamine groups is 1. The van der Waals surface area contributed by atoms with Crippen LogP contribution < -0.4 is 9.96 Å². The lowest BCUT2D eigenvalue weighted by atomic mass is 9.95. The number of imide groups is 1. The number of amides is 2. The molecular weight excluding hydrogens is 456 g/mol. The largest absolute Gasteiger partial charge is 0.273 e. The van der Waals surface area contributed by atoms with Crippen molar-refractivity contribution in [3.05, 3.63) is 101 Å². The molecule has 2 fully saturated rings. The van der Waals surface area contributed by atoms with E-state index in [1.165, 1.54) is 4.90 Å². The van der Waals surface area contributed by atoms with Crippen LogP contribution in [0.2, 0.25) is 0 Å². The first-order chi connectivity index (χ1) is 15.1. The van der Waals surface area contributed by atoms with Crippen LogP contribution in [0.3, 0.4) is 0 Å². The van der Waals surface area contributed by atoms with Gasteiger partial charge in [0.1, 0.15) is 5.92 Å². The van der Waals surface area contributed by atoms with Crippen molar-refractivity contribution in [2.45, 2.75) is 12.1 Å². The van der Waals surface area contributed by atoms with Gasteiger partial charge in [0.15, 0.2) is 6.10 Å². The Hall–Kier alpha value is -3.22.